The largest absolute Gasteiger partial charge is 0.390 e. The SMILES string of the molecule is O=C(C1CC1)N(Cc1ccccc1F)C[C@H]1CC(c2ccc(F)cc2)=NO1. The van der Waals surface area contributed by atoms with E-state index >= 15 is 0 Å². The zero-order valence-corrected chi connectivity index (χ0v) is 14.8. The minimum atomic E-state index is -0.318. The summed E-state index contributed by atoms with van der Waals surface area (Å²) < 4.78 is 27.1. The lowest BCUT2D eigenvalue weighted by molar-refractivity contribution is -0.135. The van der Waals surface area contributed by atoms with Crippen molar-refractivity contribution in [2.75, 3.05) is 6.54 Å². The Morgan fingerprint density at radius 1 is 1.11 bits per heavy atom. The van der Waals surface area contributed by atoms with Crippen molar-refractivity contribution in [2.24, 2.45) is 11.1 Å². The van der Waals surface area contributed by atoms with Gasteiger partial charge in [-0.3, -0.25) is 4.79 Å². The molecule has 1 saturated carbocycles. The average molecular weight is 370 g/mol. The van der Waals surface area contributed by atoms with Crippen LogP contribution in [0.2, 0.25) is 0 Å². The van der Waals surface area contributed by atoms with Gasteiger partial charge >= 0.3 is 0 Å². The molecule has 1 heterocycles. The number of nitrogens with zero attached hydrogens (tertiary/aromatic N) is 2. The molecule has 2 aromatic rings. The quantitative estimate of drug-likeness (QED) is 0.774. The molecule has 2 aromatic carbocycles. The molecule has 4 nitrogen and oxygen atoms in total. The van der Waals surface area contributed by atoms with Gasteiger partial charge in [0, 0.05) is 24.4 Å². The summed E-state index contributed by atoms with van der Waals surface area (Å²) in [6, 6.07) is 12.6. The van der Waals surface area contributed by atoms with E-state index < -0.39 is 0 Å². The van der Waals surface area contributed by atoms with Gasteiger partial charge in [0.25, 0.3) is 0 Å². The summed E-state index contributed by atoms with van der Waals surface area (Å²) >= 11 is 0. The molecule has 0 bridgehead atoms. The highest BCUT2D eigenvalue weighted by Crippen LogP contribution is 2.32. The fraction of sp³-hybridized carbons (Fsp3) is 0.333. The van der Waals surface area contributed by atoms with Gasteiger partial charge in [-0.05, 0) is 36.6 Å². The van der Waals surface area contributed by atoms with Gasteiger partial charge in [0.15, 0.2) is 6.10 Å². The summed E-state index contributed by atoms with van der Waals surface area (Å²) in [5.74, 6) is -0.546. The number of rotatable bonds is 6. The standard InChI is InChI=1S/C21H20F2N2O2/c22-17-9-7-14(8-10-17)20-11-18(27-24-20)13-25(21(26)15-5-6-15)12-16-3-1-2-4-19(16)23/h1-4,7-10,15,18H,5-6,11-13H2/t18-/m1/s1. The van der Waals surface area contributed by atoms with Crippen molar-refractivity contribution < 1.29 is 18.4 Å². The van der Waals surface area contributed by atoms with E-state index in [-0.39, 0.29) is 36.1 Å². The van der Waals surface area contributed by atoms with Gasteiger partial charge in [0.1, 0.15) is 11.6 Å². The van der Waals surface area contributed by atoms with Crippen LogP contribution >= 0.6 is 0 Å². The predicted molar refractivity (Wildman–Crippen MR) is 97.0 cm³/mol. The molecule has 0 saturated heterocycles. The number of carbonyl (C=O) groups is 1. The van der Waals surface area contributed by atoms with Gasteiger partial charge in [-0.15, -0.1) is 0 Å². The first kappa shape index (κ1) is 17.6. The topological polar surface area (TPSA) is 41.9 Å². The number of hydrogen-bond acceptors (Lipinski definition) is 3. The first-order valence-electron chi connectivity index (χ1n) is 9.11. The third kappa shape index (κ3) is 4.15. The van der Waals surface area contributed by atoms with Crippen LogP contribution in [0.1, 0.15) is 30.4 Å². The molecule has 0 N–H and O–H groups in total. The number of oxime groups is 1. The molecule has 1 fully saturated rings. The average Bonchev–Trinajstić information content (AvgIpc) is 3.42. The van der Waals surface area contributed by atoms with E-state index in [9.17, 15) is 13.6 Å². The van der Waals surface area contributed by atoms with E-state index in [2.05, 4.69) is 5.16 Å². The molecule has 0 unspecified atom stereocenters. The Balaban J connectivity index is 1.44. The third-order valence-corrected chi connectivity index (χ3v) is 4.89. The zero-order chi connectivity index (χ0) is 18.8. The van der Waals surface area contributed by atoms with Crippen LogP contribution in [0, 0.1) is 17.6 Å². The second kappa shape index (κ2) is 7.47. The van der Waals surface area contributed by atoms with Gasteiger partial charge in [-0.1, -0.05) is 35.5 Å². The van der Waals surface area contributed by atoms with E-state index in [0.29, 0.717) is 18.5 Å². The molecule has 27 heavy (non-hydrogen) atoms. The highest BCUT2D eigenvalue weighted by atomic mass is 19.1. The van der Waals surface area contributed by atoms with Crippen LogP contribution in [0.3, 0.4) is 0 Å². The van der Waals surface area contributed by atoms with E-state index in [1.165, 1.54) is 18.2 Å². The van der Waals surface area contributed by atoms with Crippen molar-refractivity contribution in [2.45, 2.75) is 31.9 Å². The van der Waals surface area contributed by atoms with Gasteiger partial charge < -0.3 is 9.74 Å². The van der Waals surface area contributed by atoms with Crippen LogP contribution in [0.15, 0.2) is 53.7 Å². The zero-order valence-electron chi connectivity index (χ0n) is 14.8. The van der Waals surface area contributed by atoms with Crippen molar-refractivity contribution in [1.29, 1.82) is 0 Å². The molecule has 1 aliphatic carbocycles. The molecule has 1 amide bonds. The molecule has 0 aromatic heterocycles. The maximum absolute atomic E-state index is 14.0. The maximum atomic E-state index is 14.0. The minimum absolute atomic E-state index is 0.0377. The van der Waals surface area contributed by atoms with Gasteiger partial charge in [0.05, 0.1) is 12.3 Å². The highest BCUT2D eigenvalue weighted by Gasteiger charge is 2.36. The second-order valence-electron chi connectivity index (χ2n) is 7.06. The molecular weight excluding hydrogens is 350 g/mol. The summed E-state index contributed by atoms with van der Waals surface area (Å²) in [4.78, 5) is 19.8. The minimum Gasteiger partial charge on any atom is -0.390 e. The normalized spacial score (nSPS) is 18.7. The second-order valence-corrected chi connectivity index (χ2v) is 7.06. The third-order valence-electron chi connectivity index (χ3n) is 4.89. The Morgan fingerprint density at radius 3 is 2.56 bits per heavy atom. The Bertz CT molecular complexity index is 863. The number of hydrogen-bond donors (Lipinski definition) is 0. The molecule has 140 valence electrons. The van der Waals surface area contributed by atoms with Crippen molar-refractivity contribution in [3.63, 3.8) is 0 Å². The number of carbonyl (C=O) groups excluding carboxylic acids is 1. The monoisotopic (exact) mass is 370 g/mol. The summed E-state index contributed by atoms with van der Waals surface area (Å²) in [5.41, 5.74) is 2.02. The molecule has 2 aliphatic rings. The highest BCUT2D eigenvalue weighted by molar-refractivity contribution is 6.01. The van der Waals surface area contributed by atoms with Gasteiger partial charge in [-0.25, -0.2) is 8.78 Å². The lowest BCUT2D eigenvalue weighted by Gasteiger charge is -2.25. The van der Waals surface area contributed by atoms with Crippen LogP contribution in [0.25, 0.3) is 0 Å². The van der Waals surface area contributed by atoms with Gasteiger partial charge in [-0.2, -0.15) is 0 Å². The van der Waals surface area contributed by atoms with Crippen molar-refractivity contribution in [3.05, 3.63) is 71.3 Å². The van der Waals surface area contributed by atoms with Crippen molar-refractivity contribution in [3.8, 4) is 0 Å². The lowest BCUT2D eigenvalue weighted by Crippen LogP contribution is -2.38. The molecule has 0 spiro atoms. The number of halogens is 2. The van der Waals surface area contributed by atoms with Crippen molar-refractivity contribution in [1.82, 2.24) is 4.90 Å². The van der Waals surface area contributed by atoms with Crippen LogP contribution < -0.4 is 0 Å². The first-order chi connectivity index (χ1) is 13.1. The molecule has 6 heteroatoms. The van der Waals surface area contributed by atoms with Crippen LogP contribution in [-0.2, 0) is 16.2 Å². The molecule has 4 rings (SSSR count). The lowest BCUT2D eigenvalue weighted by atomic mass is 10.0. The van der Waals surface area contributed by atoms with Crippen LogP contribution in [0.4, 0.5) is 8.78 Å². The fourth-order valence-corrected chi connectivity index (χ4v) is 3.24. The number of amides is 1. The van der Waals surface area contributed by atoms with E-state index in [0.717, 1.165) is 24.1 Å². The number of benzene rings is 2. The van der Waals surface area contributed by atoms with E-state index in [1.807, 2.05) is 0 Å². The molecule has 0 radical (unpaired) electrons. The molecule has 1 aliphatic heterocycles. The predicted octanol–water partition coefficient (Wildman–Crippen LogP) is 3.90. The van der Waals surface area contributed by atoms with Crippen LogP contribution in [0.5, 0.6) is 0 Å². The van der Waals surface area contributed by atoms with E-state index in [1.54, 1.807) is 35.2 Å². The Kier molecular flexibility index (Phi) is 4.88. The molecular formula is C21H20F2N2O2. The first-order valence-corrected chi connectivity index (χ1v) is 9.11. The summed E-state index contributed by atoms with van der Waals surface area (Å²) in [7, 11) is 0. The Hall–Kier alpha value is -2.76. The van der Waals surface area contributed by atoms with Gasteiger partial charge in [0.2, 0.25) is 5.91 Å². The molecule has 1 atom stereocenters. The van der Waals surface area contributed by atoms with E-state index in [4.69, 9.17) is 4.84 Å². The Labute approximate surface area is 156 Å². The van der Waals surface area contributed by atoms with Crippen LogP contribution in [-0.4, -0.2) is 29.2 Å². The Morgan fingerprint density at radius 2 is 1.85 bits per heavy atom. The summed E-state index contributed by atoms with van der Waals surface area (Å²) in [5, 5.41) is 4.10. The fourth-order valence-electron chi connectivity index (χ4n) is 3.24. The smallest absolute Gasteiger partial charge is 0.226 e. The summed E-state index contributed by atoms with van der Waals surface area (Å²) in [6.07, 6.45) is 2.00. The maximum Gasteiger partial charge on any atom is 0.226 e. The summed E-state index contributed by atoms with van der Waals surface area (Å²) in [6.45, 7) is 0.561. The van der Waals surface area contributed by atoms with Crippen molar-refractivity contribution >= 4 is 11.6 Å².